The monoisotopic (exact) mass is 331 g/mol. The molecule has 0 saturated heterocycles. The molecule has 96 valence electrons. The zero-order chi connectivity index (χ0) is 13.2. The average Bonchev–Trinajstić information content (AvgIpc) is 2.83. The largest absolute Gasteiger partial charge is 0.381 e. The molecule has 1 N–H and O–H groups in total. The lowest BCUT2D eigenvalue weighted by Gasteiger charge is -2.07. The van der Waals surface area contributed by atoms with Crippen LogP contribution in [0.2, 0.25) is 0 Å². The first-order valence-electron chi connectivity index (χ1n) is 6.19. The van der Waals surface area contributed by atoms with Gasteiger partial charge in [0.05, 0.1) is 0 Å². The predicted molar refractivity (Wildman–Crippen MR) is 88.0 cm³/mol. The molecule has 0 aliphatic rings. The van der Waals surface area contributed by atoms with Crippen molar-refractivity contribution in [1.29, 1.82) is 0 Å². The van der Waals surface area contributed by atoms with Gasteiger partial charge in [-0.25, -0.2) is 0 Å². The predicted octanol–water partition coefficient (Wildman–Crippen LogP) is 5.58. The molecule has 2 aromatic carbocycles. The highest BCUT2D eigenvalue weighted by Gasteiger charge is 2.03. The molecular weight excluding hydrogens is 318 g/mol. The smallest absolute Gasteiger partial charge is 0.0415 e. The van der Waals surface area contributed by atoms with Crippen LogP contribution in [-0.4, -0.2) is 0 Å². The van der Waals surface area contributed by atoms with E-state index in [2.05, 4.69) is 76.0 Å². The van der Waals surface area contributed by atoms with Gasteiger partial charge < -0.3 is 5.32 Å². The van der Waals surface area contributed by atoms with Gasteiger partial charge in [-0.05, 0) is 53.1 Å². The summed E-state index contributed by atoms with van der Waals surface area (Å²) >= 11 is 5.33. The minimum absolute atomic E-state index is 0.866. The van der Waals surface area contributed by atoms with Crippen molar-refractivity contribution in [3.8, 4) is 0 Å². The van der Waals surface area contributed by atoms with Gasteiger partial charge in [0.2, 0.25) is 0 Å². The Morgan fingerprint density at radius 3 is 2.84 bits per heavy atom. The molecule has 0 aliphatic carbocycles. The number of aryl methyl sites for hydroxylation is 1. The Kier molecular flexibility index (Phi) is 3.58. The zero-order valence-corrected chi connectivity index (χ0v) is 13.0. The van der Waals surface area contributed by atoms with Crippen molar-refractivity contribution in [3.05, 3.63) is 63.4 Å². The van der Waals surface area contributed by atoms with Gasteiger partial charge in [-0.1, -0.05) is 34.1 Å². The second kappa shape index (κ2) is 5.35. The Morgan fingerprint density at radius 1 is 1.16 bits per heavy atom. The van der Waals surface area contributed by atoms with Crippen LogP contribution in [0.25, 0.3) is 10.1 Å². The van der Waals surface area contributed by atoms with Crippen molar-refractivity contribution in [3.63, 3.8) is 0 Å². The lowest BCUT2D eigenvalue weighted by Crippen LogP contribution is -1.98. The second-order valence-electron chi connectivity index (χ2n) is 4.57. The highest BCUT2D eigenvalue weighted by atomic mass is 79.9. The normalized spacial score (nSPS) is 10.8. The number of fused-ring (bicyclic) bond motifs is 1. The van der Waals surface area contributed by atoms with Gasteiger partial charge in [-0.15, -0.1) is 11.3 Å². The summed E-state index contributed by atoms with van der Waals surface area (Å²) in [6.45, 7) is 2.97. The van der Waals surface area contributed by atoms with E-state index in [1.54, 1.807) is 0 Å². The van der Waals surface area contributed by atoms with Crippen LogP contribution < -0.4 is 5.32 Å². The molecule has 0 amide bonds. The van der Waals surface area contributed by atoms with Crippen LogP contribution in [0.5, 0.6) is 0 Å². The van der Waals surface area contributed by atoms with Crippen molar-refractivity contribution in [1.82, 2.24) is 0 Å². The Morgan fingerprint density at radius 2 is 2.00 bits per heavy atom. The summed E-state index contributed by atoms with van der Waals surface area (Å²) < 4.78 is 2.50. The molecule has 0 saturated carbocycles. The van der Waals surface area contributed by atoms with Gasteiger partial charge in [0.25, 0.3) is 0 Å². The molecule has 1 heterocycles. The van der Waals surface area contributed by atoms with Crippen molar-refractivity contribution in [2.24, 2.45) is 0 Å². The minimum atomic E-state index is 0.866. The minimum Gasteiger partial charge on any atom is -0.381 e. The molecule has 0 radical (unpaired) electrons. The van der Waals surface area contributed by atoms with Crippen molar-refractivity contribution in [2.75, 3.05) is 5.32 Å². The molecule has 0 spiro atoms. The average molecular weight is 332 g/mol. The quantitative estimate of drug-likeness (QED) is 0.660. The fourth-order valence-corrected chi connectivity index (χ4v) is 3.33. The maximum absolute atomic E-state index is 3.53. The number of hydrogen-bond acceptors (Lipinski definition) is 2. The van der Waals surface area contributed by atoms with Crippen molar-refractivity contribution >= 4 is 43.0 Å². The van der Waals surface area contributed by atoms with Crippen molar-refractivity contribution in [2.45, 2.75) is 13.5 Å². The number of rotatable bonds is 3. The molecule has 3 heteroatoms. The van der Waals surface area contributed by atoms with Crippen LogP contribution in [0.15, 0.2) is 52.3 Å². The topological polar surface area (TPSA) is 12.0 Å². The maximum atomic E-state index is 3.53. The van der Waals surface area contributed by atoms with Crippen LogP contribution in [0.4, 0.5) is 5.69 Å². The van der Waals surface area contributed by atoms with E-state index in [1.807, 2.05) is 11.3 Å². The number of benzene rings is 2. The number of halogens is 1. The molecule has 0 aliphatic heterocycles. The summed E-state index contributed by atoms with van der Waals surface area (Å²) in [5.41, 5.74) is 3.78. The van der Waals surface area contributed by atoms with Crippen LogP contribution in [0, 0.1) is 6.92 Å². The zero-order valence-electron chi connectivity index (χ0n) is 10.6. The maximum Gasteiger partial charge on any atom is 0.0415 e. The van der Waals surface area contributed by atoms with E-state index in [1.165, 1.54) is 21.2 Å². The van der Waals surface area contributed by atoms with E-state index in [4.69, 9.17) is 0 Å². The molecule has 3 rings (SSSR count). The van der Waals surface area contributed by atoms with E-state index >= 15 is 0 Å². The Hall–Kier alpha value is -1.32. The number of nitrogens with one attached hydrogen (secondary N) is 1. The summed E-state index contributed by atoms with van der Waals surface area (Å²) in [7, 11) is 0. The van der Waals surface area contributed by atoms with Crippen LogP contribution in [-0.2, 0) is 6.54 Å². The Balaban J connectivity index is 1.80. The third kappa shape index (κ3) is 2.67. The second-order valence-corrected chi connectivity index (χ2v) is 6.34. The first-order chi connectivity index (χ1) is 9.24. The highest BCUT2D eigenvalue weighted by molar-refractivity contribution is 9.10. The van der Waals surface area contributed by atoms with E-state index in [-0.39, 0.29) is 0 Å². The third-order valence-electron chi connectivity index (χ3n) is 3.20. The molecule has 3 aromatic rings. The Bertz CT molecular complexity index is 718. The summed E-state index contributed by atoms with van der Waals surface area (Å²) in [5.74, 6) is 0. The van der Waals surface area contributed by atoms with Crippen molar-refractivity contribution < 1.29 is 0 Å². The summed E-state index contributed by atoms with van der Waals surface area (Å²) in [5, 5.41) is 7.09. The first-order valence-corrected chi connectivity index (χ1v) is 7.86. The third-order valence-corrected chi connectivity index (χ3v) is 5.10. The molecular formula is C16H14BrNS. The lowest BCUT2D eigenvalue weighted by molar-refractivity contribution is 1.17. The van der Waals surface area contributed by atoms with Gasteiger partial charge in [-0.3, -0.25) is 0 Å². The molecule has 0 fully saturated rings. The van der Waals surface area contributed by atoms with Gasteiger partial charge in [0.1, 0.15) is 0 Å². The molecule has 0 atom stereocenters. The lowest BCUT2D eigenvalue weighted by atomic mass is 10.1. The van der Waals surface area contributed by atoms with Crippen LogP contribution in [0.3, 0.4) is 0 Å². The highest BCUT2D eigenvalue weighted by Crippen LogP contribution is 2.27. The number of hydrogen-bond donors (Lipinski definition) is 1. The summed E-state index contributed by atoms with van der Waals surface area (Å²) in [6, 6.07) is 14.9. The summed E-state index contributed by atoms with van der Waals surface area (Å²) in [4.78, 5) is 0. The van der Waals surface area contributed by atoms with Crippen LogP contribution >= 0.6 is 27.3 Å². The van der Waals surface area contributed by atoms with Crippen LogP contribution in [0.1, 0.15) is 11.1 Å². The van der Waals surface area contributed by atoms with E-state index in [9.17, 15) is 0 Å². The molecule has 0 unspecified atom stereocenters. The van der Waals surface area contributed by atoms with Gasteiger partial charge in [-0.2, -0.15) is 0 Å². The number of thiophene rings is 1. The van der Waals surface area contributed by atoms with Gasteiger partial charge in [0, 0.05) is 21.4 Å². The van der Waals surface area contributed by atoms with Gasteiger partial charge >= 0.3 is 0 Å². The number of anilines is 1. The van der Waals surface area contributed by atoms with E-state index < -0.39 is 0 Å². The summed E-state index contributed by atoms with van der Waals surface area (Å²) in [6.07, 6.45) is 0. The van der Waals surface area contributed by atoms with Gasteiger partial charge in [0.15, 0.2) is 0 Å². The fraction of sp³-hybridized carbons (Fsp3) is 0.125. The van der Waals surface area contributed by atoms with E-state index in [0.29, 0.717) is 0 Å². The molecule has 1 nitrogen and oxygen atoms in total. The standard InChI is InChI=1S/C16H14BrNS/c1-11-8-13(6-7-15(11)17)18-9-12-10-19-16-5-3-2-4-14(12)16/h2-8,10,18H,9H2,1H3. The fourth-order valence-electron chi connectivity index (χ4n) is 2.12. The Labute approximate surface area is 125 Å². The molecule has 1 aromatic heterocycles. The SMILES string of the molecule is Cc1cc(NCc2csc3ccccc23)ccc1Br. The first kappa shape index (κ1) is 12.7. The molecule has 0 bridgehead atoms. The molecule has 19 heavy (non-hydrogen) atoms. The van der Waals surface area contributed by atoms with E-state index in [0.717, 1.165) is 16.7 Å².